The zero-order chi connectivity index (χ0) is 13.1. The van der Waals surface area contributed by atoms with Crippen LogP contribution in [0.3, 0.4) is 0 Å². The van der Waals surface area contributed by atoms with Gasteiger partial charge < -0.3 is 9.52 Å². The second-order valence-electron chi connectivity index (χ2n) is 4.02. The SMILES string of the molecule is Cc1ccc(C(=O)CC(=O)c2ccco2)c(O)c1. The van der Waals surface area contributed by atoms with Crippen molar-refractivity contribution in [2.45, 2.75) is 13.3 Å². The van der Waals surface area contributed by atoms with Crippen LogP contribution in [0.25, 0.3) is 0 Å². The van der Waals surface area contributed by atoms with E-state index in [1.165, 1.54) is 24.5 Å². The fraction of sp³-hybridized carbons (Fsp3) is 0.143. The number of phenolic OH excluding ortho intramolecular Hbond substituents is 1. The topological polar surface area (TPSA) is 67.5 Å². The first-order chi connectivity index (χ1) is 8.58. The number of furan rings is 1. The number of Topliss-reactive ketones (excluding diaryl/α,β-unsaturated/α-hetero) is 2. The zero-order valence-electron chi connectivity index (χ0n) is 9.84. The van der Waals surface area contributed by atoms with Gasteiger partial charge in [-0.1, -0.05) is 6.07 Å². The summed E-state index contributed by atoms with van der Waals surface area (Å²) in [7, 11) is 0. The van der Waals surface area contributed by atoms with Crippen LogP contribution in [0.2, 0.25) is 0 Å². The van der Waals surface area contributed by atoms with Gasteiger partial charge in [-0.05, 0) is 36.8 Å². The second-order valence-corrected chi connectivity index (χ2v) is 4.02. The summed E-state index contributed by atoms with van der Waals surface area (Å²) in [5.41, 5.74) is 1.00. The monoisotopic (exact) mass is 244 g/mol. The van der Waals surface area contributed by atoms with E-state index in [1.54, 1.807) is 12.1 Å². The third kappa shape index (κ3) is 2.48. The smallest absolute Gasteiger partial charge is 0.205 e. The van der Waals surface area contributed by atoms with Crippen LogP contribution < -0.4 is 0 Å². The molecule has 0 saturated carbocycles. The fourth-order valence-electron chi connectivity index (χ4n) is 1.64. The van der Waals surface area contributed by atoms with E-state index in [2.05, 4.69) is 0 Å². The molecule has 4 nitrogen and oxygen atoms in total. The number of aryl methyl sites for hydroxylation is 1. The van der Waals surface area contributed by atoms with Crippen LogP contribution in [0.5, 0.6) is 5.75 Å². The van der Waals surface area contributed by atoms with E-state index in [0.29, 0.717) is 0 Å². The molecule has 0 fully saturated rings. The molecule has 2 rings (SSSR count). The molecule has 0 atom stereocenters. The van der Waals surface area contributed by atoms with Gasteiger partial charge in [-0.25, -0.2) is 0 Å². The average Bonchev–Trinajstić information content (AvgIpc) is 2.81. The highest BCUT2D eigenvalue weighted by Crippen LogP contribution is 2.20. The van der Waals surface area contributed by atoms with Crippen molar-refractivity contribution in [3.63, 3.8) is 0 Å². The number of hydrogen-bond donors (Lipinski definition) is 1. The lowest BCUT2D eigenvalue weighted by molar-refractivity contribution is 0.0877. The summed E-state index contributed by atoms with van der Waals surface area (Å²) in [6.07, 6.45) is 1.06. The Morgan fingerprint density at radius 3 is 2.61 bits per heavy atom. The molecule has 0 unspecified atom stereocenters. The number of benzene rings is 1. The fourth-order valence-corrected chi connectivity index (χ4v) is 1.64. The van der Waals surface area contributed by atoms with E-state index in [9.17, 15) is 14.7 Å². The number of ketones is 2. The number of hydrogen-bond acceptors (Lipinski definition) is 4. The van der Waals surface area contributed by atoms with Crippen LogP contribution in [0.1, 0.15) is 32.9 Å². The minimum Gasteiger partial charge on any atom is -0.507 e. The lowest BCUT2D eigenvalue weighted by Gasteiger charge is -2.03. The molecule has 0 aliphatic carbocycles. The van der Waals surface area contributed by atoms with Gasteiger partial charge in [0.05, 0.1) is 18.2 Å². The largest absolute Gasteiger partial charge is 0.507 e. The molecule has 1 aromatic carbocycles. The van der Waals surface area contributed by atoms with Crippen molar-refractivity contribution in [3.05, 3.63) is 53.5 Å². The normalized spacial score (nSPS) is 10.3. The maximum absolute atomic E-state index is 11.9. The molecule has 1 aromatic heterocycles. The molecule has 0 radical (unpaired) electrons. The number of phenols is 1. The molecule has 18 heavy (non-hydrogen) atoms. The van der Waals surface area contributed by atoms with Gasteiger partial charge in [0.25, 0.3) is 0 Å². The van der Waals surface area contributed by atoms with E-state index < -0.39 is 11.6 Å². The van der Waals surface area contributed by atoms with Gasteiger partial charge >= 0.3 is 0 Å². The summed E-state index contributed by atoms with van der Waals surface area (Å²) in [4.78, 5) is 23.5. The minimum atomic E-state index is -0.422. The molecule has 0 bridgehead atoms. The van der Waals surface area contributed by atoms with Crippen LogP contribution in [0.15, 0.2) is 41.0 Å². The zero-order valence-corrected chi connectivity index (χ0v) is 9.84. The van der Waals surface area contributed by atoms with Gasteiger partial charge in [0, 0.05) is 0 Å². The van der Waals surface area contributed by atoms with Gasteiger partial charge in [-0.2, -0.15) is 0 Å². The first kappa shape index (κ1) is 12.1. The predicted octanol–water partition coefficient (Wildman–Crippen LogP) is 2.75. The summed E-state index contributed by atoms with van der Waals surface area (Å²) in [5.74, 6) is -0.777. The number of carbonyl (C=O) groups excluding carboxylic acids is 2. The Kier molecular flexibility index (Phi) is 3.28. The molecule has 4 heteroatoms. The highest BCUT2D eigenvalue weighted by atomic mass is 16.3. The number of aromatic hydroxyl groups is 1. The Labute approximate surface area is 104 Å². The second kappa shape index (κ2) is 4.87. The lowest BCUT2D eigenvalue weighted by atomic mass is 10.0. The van der Waals surface area contributed by atoms with Crippen LogP contribution >= 0.6 is 0 Å². The van der Waals surface area contributed by atoms with Gasteiger partial charge in [0.15, 0.2) is 11.5 Å². The molecule has 2 aromatic rings. The quantitative estimate of drug-likeness (QED) is 0.663. The molecule has 0 spiro atoms. The van der Waals surface area contributed by atoms with E-state index in [4.69, 9.17) is 4.42 Å². The highest BCUT2D eigenvalue weighted by Gasteiger charge is 2.18. The van der Waals surface area contributed by atoms with Crippen molar-refractivity contribution in [2.75, 3.05) is 0 Å². The van der Waals surface area contributed by atoms with Crippen LogP contribution in [0, 0.1) is 6.92 Å². The maximum atomic E-state index is 11.9. The maximum Gasteiger partial charge on any atom is 0.205 e. The average molecular weight is 244 g/mol. The first-order valence-corrected chi connectivity index (χ1v) is 5.47. The number of rotatable bonds is 4. The Morgan fingerprint density at radius 2 is 2.00 bits per heavy atom. The van der Waals surface area contributed by atoms with Gasteiger partial charge in [0.2, 0.25) is 5.78 Å². The molecule has 92 valence electrons. The van der Waals surface area contributed by atoms with Crippen LogP contribution in [0.4, 0.5) is 0 Å². The van der Waals surface area contributed by atoms with E-state index in [0.717, 1.165) is 5.56 Å². The molecule has 1 N–H and O–H groups in total. The molecule has 0 aliphatic heterocycles. The Hall–Kier alpha value is -2.36. The molecule has 0 aliphatic rings. The van der Waals surface area contributed by atoms with Crippen LogP contribution in [-0.4, -0.2) is 16.7 Å². The molecule has 0 saturated heterocycles. The standard InChI is InChI=1S/C14H12O4/c1-9-4-5-10(11(15)7-9)12(16)8-13(17)14-3-2-6-18-14/h2-7,15H,8H2,1H3. The first-order valence-electron chi connectivity index (χ1n) is 5.47. The van der Waals surface area contributed by atoms with Crippen molar-refractivity contribution in [1.29, 1.82) is 0 Å². The highest BCUT2D eigenvalue weighted by molar-refractivity contribution is 6.13. The Bertz CT molecular complexity index is 582. The van der Waals surface area contributed by atoms with Crippen molar-refractivity contribution in [1.82, 2.24) is 0 Å². The summed E-state index contributed by atoms with van der Waals surface area (Å²) in [6, 6.07) is 7.81. The van der Waals surface area contributed by atoms with Gasteiger partial charge in [0.1, 0.15) is 5.75 Å². The number of carbonyl (C=O) groups is 2. The third-order valence-electron chi connectivity index (χ3n) is 2.57. The lowest BCUT2D eigenvalue weighted by Crippen LogP contribution is -2.08. The Balaban J connectivity index is 2.15. The minimum absolute atomic E-state index is 0.104. The van der Waals surface area contributed by atoms with E-state index in [1.807, 2.05) is 6.92 Å². The molecular formula is C14H12O4. The van der Waals surface area contributed by atoms with E-state index >= 15 is 0 Å². The summed E-state index contributed by atoms with van der Waals surface area (Å²) in [6.45, 7) is 1.81. The summed E-state index contributed by atoms with van der Waals surface area (Å²) < 4.78 is 4.92. The van der Waals surface area contributed by atoms with Crippen LogP contribution in [-0.2, 0) is 0 Å². The van der Waals surface area contributed by atoms with Crippen molar-refractivity contribution >= 4 is 11.6 Å². The van der Waals surface area contributed by atoms with Crippen molar-refractivity contribution in [3.8, 4) is 5.75 Å². The van der Waals surface area contributed by atoms with Gasteiger partial charge in [-0.3, -0.25) is 9.59 Å². The molecule has 1 heterocycles. The van der Waals surface area contributed by atoms with Crippen molar-refractivity contribution in [2.24, 2.45) is 0 Å². The molecule has 0 amide bonds. The molecular weight excluding hydrogens is 232 g/mol. The van der Waals surface area contributed by atoms with Crippen molar-refractivity contribution < 1.29 is 19.1 Å². The Morgan fingerprint density at radius 1 is 1.22 bits per heavy atom. The third-order valence-corrected chi connectivity index (χ3v) is 2.57. The van der Waals surface area contributed by atoms with E-state index in [-0.39, 0.29) is 23.5 Å². The van der Waals surface area contributed by atoms with Gasteiger partial charge in [-0.15, -0.1) is 0 Å². The summed E-state index contributed by atoms with van der Waals surface area (Å²) in [5, 5.41) is 9.65. The summed E-state index contributed by atoms with van der Waals surface area (Å²) >= 11 is 0. The predicted molar refractivity (Wildman–Crippen MR) is 64.8 cm³/mol.